The van der Waals surface area contributed by atoms with E-state index < -0.39 is 0 Å². The molecule has 7 heteroatoms. The number of fused-ring (bicyclic) bond motifs is 3. The summed E-state index contributed by atoms with van der Waals surface area (Å²) < 4.78 is 7.21. The lowest BCUT2D eigenvalue weighted by atomic mass is 10.1. The number of amides is 1. The molecule has 3 heterocycles. The van der Waals surface area contributed by atoms with E-state index in [-0.39, 0.29) is 11.7 Å². The van der Waals surface area contributed by atoms with E-state index in [2.05, 4.69) is 27.6 Å². The number of rotatable bonds is 5. The Morgan fingerprint density at radius 3 is 2.96 bits per heavy atom. The van der Waals surface area contributed by atoms with Gasteiger partial charge in [-0.3, -0.25) is 9.20 Å². The molecule has 1 aromatic carbocycles. The Bertz CT molecular complexity index is 1040. The first-order chi connectivity index (χ1) is 12.2. The van der Waals surface area contributed by atoms with Gasteiger partial charge in [-0.2, -0.15) is 0 Å². The number of carbonyl (C=O) groups excluding carboxylic acids is 1. The molecule has 0 saturated carbocycles. The fraction of sp³-hybridized carbons (Fsp3) is 0.167. The van der Waals surface area contributed by atoms with Crippen LogP contribution in [-0.4, -0.2) is 26.3 Å². The van der Waals surface area contributed by atoms with Crippen molar-refractivity contribution >= 4 is 34.2 Å². The molecule has 1 N–H and O–H groups in total. The third-order valence-electron chi connectivity index (χ3n) is 3.91. The van der Waals surface area contributed by atoms with Crippen molar-refractivity contribution in [1.82, 2.24) is 19.9 Å². The van der Waals surface area contributed by atoms with Crippen molar-refractivity contribution in [3.8, 4) is 0 Å². The van der Waals surface area contributed by atoms with Gasteiger partial charge in [0.05, 0.1) is 24.1 Å². The van der Waals surface area contributed by atoms with Gasteiger partial charge in [0.25, 0.3) is 0 Å². The fourth-order valence-electron chi connectivity index (χ4n) is 2.73. The molecule has 0 radical (unpaired) electrons. The number of hydrogen-bond acceptors (Lipinski definition) is 5. The van der Waals surface area contributed by atoms with E-state index in [1.54, 1.807) is 12.3 Å². The van der Waals surface area contributed by atoms with Crippen LogP contribution in [0.25, 0.3) is 16.6 Å². The minimum atomic E-state index is -0.0740. The molecule has 0 unspecified atom stereocenters. The van der Waals surface area contributed by atoms with Gasteiger partial charge >= 0.3 is 0 Å². The van der Waals surface area contributed by atoms with Crippen LogP contribution in [-0.2, 0) is 11.3 Å². The van der Waals surface area contributed by atoms with Crippen LogP contribution in [0.3, 0.4) is 0 Å². The number of furan rings is 1. The Morgan fingerprint density at radius 2 is 2.12 bits per heavy atom. The van der Waals surface area contributed by atoms with Crippen molar-refractivity contribution < 1.29 is 9.21 Å². The van der Waals surface area contributed by atoms with Crippen LogP contribution >= 0.6 is 11.8 Å². The standard InChI is InChI=1S/C18H16N4O2S/c1-12-9-13-5-2-3-7-15(13)22-17(12)20-21-18(22)25-11-16(23)19-10-14-6-4-8-24-14/h2-9H,10-11H2,1H3,(H,19,23). The summed E-state index contributed by atoms with van der Waals surface area (Å²) >= 11 is 1.37. The molecule has 6 nitrogen and oxygen atoms in total. The zero-order chi connectivity index (χ0) is 17.2. The van der Waals surface area contributed by atoms with Crippen LogP contribution < -0.4 is 5.32 Å². The predicted molar refractivity (Wildman–Crippen MR) is 96.5 cm³/mol. The Labute approximate surface area is 148 Å². The van der Waals surface area contributed by atoms with Gasteiger partial charge in [0.1, 0.15) is 5.76 Å². The Balaban J connectivity index is 1.54. The number of thioether (sulfide) groups is 1. The van der Waals surface area contributed by atoms with Gasteiger partial charge in [-0.1, -0.05) is 30.0 Å². The van der Waals surface area contributed by atoms with Gasteiger partial charge in [-0.05, 0) is 42.1 Å². The summed E-state index contributed by atoms with van der Waals surface area (Å²) in [5.41, 5.74) is 2.91. The largest absolute Gasteiger partial charge is 0.467 e. The Morgan fingerprint density at radius 1 is 1.24 bits per heavy atom. The summed E-state index contributed by atoms with van der Waals surface area (Å²) in [6, 6.07) is 13.8. The molecule has 0 bridgehead atoms. The summed E-state index contributed by atoms with van der Waals surface area (Å²) in [4.78, 5) is 12.1. The number of nitrogens with one attached hydrogen (secondary N) is 1. The molecule has 0 spiro atoms. The highest BCUT2D eigenvalue weighted by Gasteiger charge is 2.13. The molecule has 0 atom stereocenters. The normalized spacial score (nSPS) is 11.2. The number of aryl methyl sites for hydroxylation is 1. The van der Waals surface area contributed by atoms with Crippen molar-refractivity contribution in [2.45, 2.75) is 18.6 Å². The number of benzene rings is 1. The van der Waals surface area contributed by atoms with Crippen molar-refractivity contribution in [1.29, 1.82) is 0 Å². The first kappa shape index (κ1) is 15.7. The van der Waals surface area contributed by atoms with E-state index in [1.807, 2.05) is 35.6 Å². The third-order valence-corrected chi connectivity index (χ3v) is 4.84. The summed E-state index contributed by atoms with van der Waals surface area (Å²) in [6.07, 6.45) is 1.59. The van der Waals surface area contributed by atoms with Crippen LogP contribution in [0, 0.1) is 6.92 Å². The minimum Gasteiger partial charge on any atom is -0.467 e. The zero-order valence-electron chi connectivity index (χ0n) is 13.6. The van der Waals surface area contributed by atoms with Crippen LogP contribution in [0.5, 0.6) is 0 Å². The van der Waals surface area contributed by atoms with Crippen molar-refractivity contribution in [3.05, 3.63) is 60.1 Å². The second kappa shape index (κ2) is 6.60. The number of nitrogens with zero attached hydrogens (tertiary/aromatic N) is 3. The number of aromatic nitrogens is 3. The fourth-order valence-corrected chi connectivity index (χ4v) is 3.50. The SMILES string of the molecule is Cc1cc2ccccc2n2c(SCC(=O)NCc3ccco3)nnc12. The van der Waals surface area contributed by atoms with Crippen LogP contribution in [0.1, 0.15) is 11.3 Å². The van der Waals surface area contributed by atoms with Gasteiger partial charge in [0, 0.05) is 0 Å². The average molecular weight is 352 g/mol. The lowest BCUT2D eigenvalue weighted by Gasteiger charge is -2.07. The van der Waals surface area contributed by atoms with Crippen LogP contribution in [0.15, 0.2) is 58.3 Å². The molecule has 4 aromatic rings. The number of pyridine rings is 1. The highest BCUT2D eigenvalue weighted by Crippen LogP contribution is 2.25. The first-order valence-corrected chi connectivity index (χ1v) is 8.86. The molecule has 0 fully saturated rings. The van der Waals surface area contributed by atoms with Crippen LogP contribution in [0.2, 0.25) is 0 Å². The highest BCUT2D eigenvalue weighted by atomic mass is 32.2. The molecule has 0 aliphatic rings. The summed E-state index contributed by atoms with van der Waals surface area (Å²) in [7, 11) is 0. The van der Waals surface area contributed by atoms with Gasteiger partial charge < -0.3 is 9.73 Å². The number of hydrogen-bond donors (Lipinski definition) is 1. The highest BCUT2D eigenvalue weighted by molar-refractivity contribution is 7.99. The van der Waals surface area contributed by atoms with Gasteiger partial charge in [-0.15, -0.1) is 10.2 Å². The van der Waals surface area contributed by atoms with Gasteiger partial charge in [-0.25, -0.2) is 0 Å². The summed E-state index contributed by atoms with van der Waals surface area (Å²) in [6.45, 7) is 2.40. The molecule has 25 heavy (non-hydrogen) atoms. The quantitative estimate of drug-likeness (QED) is 0.559. The maximum Gasteiger partial charge on any atom is 0.230 e. The van der Waals surface area contributed by atoms with Crippen molar-refractivity contribution in [2.75, 3.05) is 5.75 Å². The van der Waals surface area contributed by atoms with Gasteiger partial charge in [0.15, 0.2) is 10.8 Å². The van der Waals surface area contributed by atoms with E-state index in [0.717, 1.165) is 27.9 Å². The third kappa shape index (κ3) is 3.10. The number of carbonyl (C=O) groups is 1. The first-order valence-electron chi connectivity index (χ1n) is 7.88. The maximum absolute atomic E-state index is 12.1. The molecular weight excluding hydrogens is 336 g/mol. The summed E-state index contributed by atoms with van der Waals surface area (Å²) in [5, 5.41) is 13.2. The lowest BCUT2D eigenvalue weighted by Crippen LogP contribution is -2.24. The molecule has 0 aliphatic carbocycles. The van der Waals surface area contributed by atoms with E-state index in [9.17, 15) is 4.79 Å². The van der Waals surface area contributed by atoms with Crippen molar-refractivity contribution in [3.63, 3.8) is 0 Å². The molecule has 0 saturated heterocycles. The monoisotopic (exact) mass is 352 g/mol. The maximum atomic E-state index is 12.1. The van der Waals surface area contributed by atoms with Crippen LogP contribution in [0.4, 0.5) is 0 Å². The summed E-state index contributed by atoms with van der Waals surface area (Å²) in [5.74, 6) is 0.923. The molecule has 126 valence electrons. The smallest absolute Gasteiger partial charge is 0.230 e. The average Bonchev–Trinajstić information content (AvgIpc) is 3.28. The topological polar surface area (TPSA) is 72.4 Å². The molecule has 0 aliphatic heterocycles. The minimum absolute atomic E-state index is 0.0740. The Kier molecular flexibility index (Phi) is 4.15. The predicted octanol–water partition coefficient (Wildman–Crippen LogP) is 3.19. The lowest BCUT2D eigenvalue weighted by molar-refractivity contribution is -0.118. The van der Waals surface area contributed by atoms with E-state index in [1.165, 1.54) is 11.8 Å². The molecule has 3 aromatic heterocycles. The molecule has 4 rings (SSSR count). The molecule has 1 amide bonds. The van der Waals surface area contributed by atoms with Gasteiger partial charge in [0.2, 0.25) is 5.91 Å². The second-order valence-electron chi connectivity index (χ2n) is 5.67. The van der Waals surface area contributed by atoms with Crippen molar-refractivity contribution in [2.24, 2.45) is 0 Å². The number of para-hydroxylation sites is 1. The van der Waals surface area contributed by atoms with E-state index in [0.29, 0.717) is 11.7 Å². The zero-order valence-corrected chi connectivity index (χ0v) is 14.4. The van der Waals surface area contributed by atoms with E-state index >= 15 is 0 Å². The molecular formula is C18H16N4O2S. The Hall–Kier alpha value is -2.80. The van der Waals surface area contributed by atoms with E-state index in [4.69, 9.17) is 4.42 Å². The second-order valence-corrected chi connectivity index (χ2v) is 6.62.